The highest BCUT2D eigenvalue weighted by Gasteiger charge is 2.13. The second-order valence-electron chi connectivity index (χ2n) is 8.50. The Morgan fingerprint density at radius 1 is 0.833 bits per heavy atom. The fourth-order valence-electron chi connectivity index (χ4n) is 3.32. The fraction of sp³-hybridized carbons (Fsp3) is 0.346. The Kier molecular flexibility index (Phi) is 7.81. The molecule has 0 bridgehead atoms. The van der Waals surface area contributed by atoms with Crippen LogP contribution in [-0.2, 0) is 0 Å². The molecule has 4 rings (SSSR count). The van der Waals surface area contributed by atoms with Crippen molar-refractivity contribution < 1.29 is 9.90 Å². The van der Waals surface area contributed by atoms with Gasteiger partial charge in [0, 0.05) is 20.7 Å². The molecule has 4 aromatic rings. The second-order valence-corrected chi connectivity index (χ2v) is 10.7. The van der Waals surface area contributed by atoms with Gasteiger partial charge in [-0.3, -0.25) is 4.79 Å². The average molecular weight is 439 g/mol. The topological polar surface area (TPSA) is 37.3 Å². The van der Waals surface area contributed by atoms with E-state index in [1.165, 1.54) is 20.2 Å². The van der Waals surface area contributed by atoms with Crippen LogP contribution in [0.3, 0.4) is 0 Å². The van der Waals surface area contributed by atoms with Crippen molar-refractivity contribution >= 4 is 48.6 Å². The number of carbonyl (C=O) groups is 1. The summed E-state index contributed by atoms with van der Waals surface area (Å²) < 4.78 is 2.46. The summed E-state index contributed by atoms with van der Waals surface area (Å²) in [5, 5.41) is 12.4. The summed E-state index contributed by atoms with van der Waals surface area (Å²) in [6.45, 7) is 8.42. The summed E-state index contributed by atoms with van der Waals surface area (Å²) in [7, 11) is 0. The SMILES string of the molecule is CC(C)CC(=O)c1cc2ccccc2s1.CC(C)CC(O)c1cc2ccccc2s1. The Balaban J connectivity index is 0.000000171. The first-order valence-electron chi connectivity index (χ1n) is 10.5. The number of carbonyl (C=O) groups excluding carboxylic acids is 1. The molecule has 1 atom stereocenters. The predicted molar refractivity (Wildman–Crippen MR) is 132 cm³/mol. The normalized spacial score (nSPS) is 12.4. The lowest BCUT2D eigenvalue weighted by atomic mass is 10.0. The van der Waals surface area contributed by atoms with Crippen molar-refractivity contribution in [2.24, 2.45) is 11.8 Å². The molecule has 0 saturated heterocycles. The summed E-state index contributed by atoms with van der Waals surface area (Å²) in [6.07, 6.45) is 1.18. The van der Waals surface area contributed by atoms with Crippen LogP contribution in [0, 0.1) is 11.8 Å². The van der Waals surface area contributed by atoms with E-state index in [0.717, 1.165) is 16.2 Å². The largest absolute Gasteiger partial charge is 0.388 e. The Morgan fingerprint density at radius 3 is 1.93 bits per heavy atom. The summed E-state index contributed by atoms with van der Waals surface area (Å²) in [6, 6.07) is 20.5. The zero-order valence-corrected chi connectivity index (χ0v) is 19.7. The van der Waals surface area contributed by atoms with Gasteiger partial charge < -0.3 is 5.11 Å². The van der Waals surface area contributed by atoms with Gasteiger partial charge in [0.15, 0.2) is 5.78 Å². The molecule has 158 valence electrons. The third-order valence-electron chi connectivity index (χ3n) is 4.76. The molecule has 2 aromatic heterocycles. The highest BCUT2D eigenvalue weighted by atomic mass is 32.1. The minimum Gasteiger partial charge on any atom is -0.388 e. The molecule has 2 heterocycles. The van der Waals surface area contributed by atoms with Crippen LogP contribution in [0.4, 0.5) is 0 Å². The van der Waals surface area contributed by atoms with E-state index in [-0.39, 0.29) is 11.9 Å². The van der Waals surface area contributed by atoms with Crippen LogP contribution in [0.1, 0.15) is 61.2 Å². The number of Topliss-reactive ketones (excluding diaryl/α,β-unsaturated/α-hetero) is 1. The summed E-state index contributed by atoms with van der Waals surface area (Å²) >= 11 is 3.30. The first-order valence-corrected chi connectivity index (χ1v) is 12.1. The number of hydrogen-bond acceptors (Lipinski definition) is 4. The smallest absolute Gasteiger partial charge is 0.173 e. The van der Waals surface area contributed by atoms with E-state index in [9.17, 15) is 9.90 Å². The Bertz CT molecular complexity index is 1040. The van der Waals surface area contributed by atoms with Crippen molar-refractivity contribution in [3.8, 4) is 0 Å². The van der Waals surface area contributed by atoms with Gasteiger partial charge in [-0.05, 0) is 53.3 Å². The van der Waals surface area contributed by atoms with E-state index in [1.54, 1.807) is 22.7 Å². The minimum absolute atomic E-state index is 0.270. The van der Waals surface area contributed by atoms with E-state index in [4.69, 9.17) is 0 Å². The molecule has 0 spiro atoms. The zero-order chi connectivity index (χ0) is 21.7. The van der Waals surface area contributed by atoms with Crippen molar-refractivity contribution in [2.45, 2.75) is 46.6 Å². The average Bonchev–Trinajstić information content (AvgIpc) is 3.31. The van der Waals surface area contributed by atoms with Gasteiger partial charge in [-0.2, -0.15) is 0 Å². The molecule has 2 nitrogen and oxygen atoms in total. The van der Waals surface area contributed by atoms with E-state index in [2.05, 4.69) is 58.0 Å². The van der Waals surface area contributed by atoms with Crippen LogP contribution >= 0.6 is 22.7 Å². The lowest BCUT2D eigenvalue weighted by Gasteiger charge is -2.10. The zero-order valence-electron chi connectivity index (χ0n) is 18.1. The molecule has 0 aliphatic heterocycles. The van der Waals surface area contributed by atoms with Gasteiger partial charge in [0.2, 0.25) is 0 Å². The van der Waals surface area contributed by atoms with Crippen LogP contribution in [0.2, 0.25) is 0 Å². The standard InChI is InChI=1S/C13H16OS.C13H14OS/c2*1-9(2)7-11(14)13-8-10-5-3-4-6-12(10)15-13/h3-6,8-9,11,14H,7H2,1-2H3;3-6,8-9H,7H2,1-2H3. The highest BCUT2D eigenvalue weighted by Crippen LogP contribution is 2.32. The number of rotatable bonds is 6. The monoisotopic (exact) mass is 438 g/mol. The Labute approximate surface area is 187 Å². The molecule has 1 unspecified atom stereocenters. The van der Waals surface area contributed by atoms with Gasteiger partial charge in [-0.15, -0.1) is 22.7 Å². The van der Waals surface area contributed by atoms with Crippen LogP contribution in [0.15, 0.2) is 60.7 Å². The molecule has 0 aliphatic carbocycles. The lowest BCUT2D eigenvalue weighted by molar-refractivity contribution is 0.0972. The van der Waals surface area contributed by atoms with Crippen molar-refractivity contribution in [1.82, 2.24) is 0 Å². The molecule has 30 heavy (non-hydrogen) atoms. The third kappa shape index (κ3) is 6.00. The molecule has 0 radical (unpaired) electrons. The third-order valence-corrected chi connectivity index (χ3v) is 7.14. The number of thiophene rings is 2. The number of fused-ring (bicyclic) bond motifs is 2. The van der Waals surface area contributed by atoms with Gasteiger partial charge in [-0.1, -0.05) is 64.1 Å². The molecule has 2 aromatic carbocycles. The summed E-state index contributed by atoms with van der Waals surface area (Å²) in [5.74, 6) is 1.24. The van der Waals surface area contributed by atoms with Crippen molar-refractivity contribution in [1.29, 1.82) is 0 Å². The Hall–Kier alpha value is -2.01. The number of hydrogen-bond donors (Lipinski definition) is 1. The number of aliphatic hydroxyl groups is 1. The van der Waals surface area contributed by atoms with Crippen LogP contribution < -0.4 is 0 Å². The molecule has 0 amide bonds. The van der Waals surface area contributed by atoms with Gasteiger partial charge in [0.1, 0.15) is 0 Å². The highest BCUT2D eigenvalue weighted by molar-refractivity contribution is 7.20. The van der Waals surface area contributed by atoms with Gasteiger partial charge in [0.25, 0.3) is 0 Å². The number of benzene rings is 2. The van der Waals surface area contributed by atoms with Gasteiger partial charge in [0.05, 0.1) is 11.0 Å². The van der Waals surface area contributed by atoms with E-state index < -0.39 is 0 Å². The molecule has 4 heteroatoms. The number of ketones is 1. The molecule has 1 N–H and O–H groups in total. The van der Waals surface area contributed by atoms with Crippen LogP contribution in [0.25, 0.3) is 20.2 Å². The maximum absolute atomic E-state index is 11.8. The van der Waals surface area contributed by atoms with E-state index in [1.807, 2.05) is 30.3 Å². The maximum atomic E-state index is 11.8. The fourth-order valence-corrected chi connectivity index (χ4v) is 5.39. The first-order chi connectivity index (χ1) is 14.3. The lowest BCUT2D eigenvalue weighted by Crippen LogP contribution is -2.00. The second kappa shape index (κ2) is 10.3. The molecule has 0 saturated carbocycles. The van der Waals surface area contributed by atoms with Crippen molar-refractivity contribution in [3.63, 3.8) is 0 Å². The van der Waals surface area contributed by atoms with Crippen molar-refractivity contribution in [2.75, 3.05) is 0 Å². The number of aliphatic hydroxyl groups excluding tert-OH is 1. The van der Waals surface area contributed by atoms with Gasteiger partial charge >= 0.3 is 0 Å². The van der Waals surface area contributed by atoms with Crippen LogP contribution in [-0.4, -0.2) is 10.9 Å². The minimum atomic E-state index is -0.303. The quantitative estimate of drug-likeness (QED) is 0.309. The van der Waals surface area contributed by atoms with E-state index in [0.29, 0.717) is 18.3 Å². The Morgan fingerprint density at radius 2 is 1.40 bits per heavy atom. The van der Waals surface area contributed by atoms with E-state index >= 15 is 0 Å². The maximum Gasteiger partial charge on any atom is 0.173 e. The summed E-state index contributed by atoms with van der Waals surface area (Å²) in [5.41, 5.74) is 0. The predicted octanol–water partition coefficient (Wildman–Crippen LogP) is 8.11. The molecular formula is C26H30O2S2. The van der Waals surface area contributed by atoms with Crippen molar-refractivity contribution in [3.05, 3.63) is 70.4 Å². The summed E-state index contributed by atoms with van der Waals surface area (Å²) in [4.78, 5) is 13.8. The first kappa shape index (κ1) is 22.7. The molecule has 0 fully saturated rings. The van der Waals surface area contributed by atoms with Crippen LogP contribution in [0.5, 0.6) is 0 Å². The molecular weight excluding hydrogens is 408 g/mol. The molecule has 0 aliphatic rings. The van der Waals surface area contributed by atoms with Gasteiger partial charge in [-0.25, -0.2) is 0 Å².